The molecule has 6 heteroatoms. The molecular formula is C22H24N2O4. The summed E-state index contributed by atoms with van der Waals surface area (Å²) in [5, 5.41) is 3.03. The summed E-state index contributed by atoms with van der Waals surface area (Å²) in [5.41, 5.74) is 2.79. The zero-order valence-corrected chi connectivity index (χ0v) is 15.9. The highest BCUT2D eigenvalue weighted by Gasteiger charge is 2.21. The van der Waals surface area contributed by atoms with Crippen molar-refractivity contribution in [3.63, 3.8) is 0 Å². The molecule has 2 aromatic rings. The Morgan fingerprint density at radius 1 is 1.11 bits per heavy atom. The Labute approximate surface area is 164 Å². The van der Waals surface area contributed by atoms with Crippen LogP contribution in [-0.2, 0) is 16.0 Å². The van der Waals surface area contributed by atoms with Gasteiger partial charge in [0.2, 0.25) is 11.8 Å². The summed E-state index contributed by atoms with van der Waals surface area (Å²) in [5.74, 6) is 1.58. The lowest BCUT2D eigenvalue weighted by Crippen LogP contribution is -2.28. The quantitative estimate of drug-likeness (QED) is 0.866. The lowest BCUT2D eigenvalue weighted by molar-refractivity contribution is -0.121. The molecule has 1 N–H and O–H groups in total. The molecule has 1 saturated heterocycles. The molecule has 2 aliphatic rings. The molecule has 4 rings (SSSR count). The Morgan fingerprint density at radius 3 is 2.57 bits per heavy atom. The summed E-state index contributed by atoms with van der Waals surface area (Å²) in [4.78, 5) is 26.1. The van der Waals surface area contributed by atoms with Crippen molar-refractivity contribution in [1.29, 1.82) is 0 Å². The molecule has 1 atom stereocenters. The van der Waals surface area contributed by atoms with Crippen molar-refractivity contribution in [1.82, 2.24) is 5.32 Å². The van der Waals surface area contributed by atoms with E-state index in [0.717, 1.165) is 41.3 Å². The zero-order valence-electron chi connectivity index (χ0n) is 15.9. The van der Waals surface area contributed by atoms with Crippen LogP contribution in [0.15, 0.2) is 42.5 Å². The summed E-state index contributed by atoms with van der Waals surface area (Å²) < 4.78 is 11.1. The van der Waals surface area contributed by atoms with Crippen LogP contribution < -0.4 is 19.7 Å². The zero-order chi connectivity index (χ0) is 19.5. The van der Waals surface area contributed by atoms with Gasteiger partial charge in [-0.1, -0.05) is 18.2 Å². The predicted octanol–water partition coefficient (Wildman–Crippen LogP) is 3.00. The number of benzene rings is 2. The fourth-order valence-electron chi connectivity index (χ4n) is 3.61. The second-order valence-corrected chi connectivity index (χ2v) is 7.18. The molecule has 2 heterocycles. The number of anilines is 1. The summed E-state index contributed by atoms with van der Waals surface area (Å²) in [7, 11) is 0. The van der Waals surface area contributed by atoms with E-state index in [1.807, 2.05) is 49.4 Å². The van der Waals surface area contributed by atoms with E-state index >= 15 is 0 Å². The van der Waals surface area contributed by atoms with Crippen molar-refractivity contribution in [2.45, 2.75) is 32.2 Å². The molecule has 146 valence electrons. The maximum absolute atomic E-state index is 12.4. The number of ether oxygens (including phenoxy) is 2. The van der Waals surface area contributed by atoms with Crippen LogP contribution >= 0.6 is 0 Å². The molecule has 0 aromatic heterocycles. The van der Waals surface area contributed by atoms with Crippen molar-refractivity contribution >= 4 is 17.5 Å². The Kier molecular flexibility index (Phi) is 5.19. The van der Waals surface area contributed by atoms with E-state index < -0.39 is 0 Å². The van der Waals surface area contributed by atoms with Gasteiger partial charge in [0, 0.05) is 18.7 Å². The third-order valence-electron chi connectivity index (χ3n) is 5.13. The van der Waals surface area contributed by atoms with Crippen LogP contribution in [0.2, 0.25) is 0 Å². The van der Waals surface area contributed by atoms with Gasteiger partial charge in [0.1, 0.15) is 13.2 Å². The first-order chi connectivity index (χ1) is 13.6. The highest BCUT2D eigenvalue weighted by Crippen LogP contribution is 2.32. The van der Waals surface area contributed by atoms with E-state index in [1.165, 1.54) is 0 Å². The molecule has 0 saturated carbocycles. The number of nitrogens with zero attached hydrogens (tertiary/aromatic N) is 1. The topological polar surface area (TPSA) is 67.9 Å². The van der Waals surface area contributed by atoms with Gasteiger partial charge in [0.05, 0.1) is 12.5 Å². The monoisotopic (exact) mass is 380 g/mol. The normalized spacial score (nSPS) is 16.8. The van der Waals surface area contributed by atoms with Crippen molar-refractivity contribution < 1.29 is 19.1 Å². The Morgan fingerprint density at radius 2 is 1.86 bits per heavy atom. The fraction of sp³-hybridized carbons (Fsp3) is 0.364. The second kappa shape index (κ2) is 7.92. The van der Waals surface area contributed by atoms with Gasteiger partial charge in [-0.2, -0.15) is 0 Å². The van der Waals surface area contributed by atoms with Gasteiger partial charge in [0.15, 0.2) is 11.5 Å². The van der Waals surface area contributed by atoms with Crippen LogP contribution in [0.3, 0.4) is 0 Å². The Balaban J connectivity index is 1.35. The number of amides is 2. The summed E-state index contributed by atoms with van der Waals surface area (Å²) >= 11 is 0. The number of rotatable bonds is 5. The highest BCUT2D eigenvalue weighted by molar-refractivity contribution is 5.95. The molecule has 0 spiro atoms. The average molecular weight is 380 g/mol. The van der Waals surface area contributed by atoms with Crippen LogP contribution in [0, 0.1) is 0 Å². The maximum atomic E-state index is 12.4. The molecule has 0 bridgehead atoms. The van der Waals surface area contributed by atoms with Gasteiger partial charge in [-0.25, -0.2) is 0 Å². The van der Waals surface area contributed by atoms with Gasteiger partial charge in [-0.05, 0) is 48.7 Å². The fourth-order valence-corrected chi connectivity index (χ4v) is 3.61. The first kappa shape index (κ1) is 18.3. The van der Waals surface area contributed by atoms with Gasteiger partial charge in [-0.3, -0.25) is 9.59 Å². The third kappa shape index (κ3) is 3.96. The van der Waals surface area contributed by atoms with Gasteiger partial charge in [-0.15, -0.1) is 0 Å². The van der Waals surface area contributed by atoms with Crippen molar-refractivity contribution in [2.75, 3.05) is 24.7 Å². The second-order valence-electron chi connectivity index (χ2n) is 7.18. The molecule has 0 unspecified atom stereocenters. The number of nitrogens with one attached hydrogen (secondary N) is 1. The molecule has 28 heavy (non-hydrogen) atoms. The molecule has 0 radical (unpaired) electrons. The highest BCUT2D eigenvalue weighted by atomic mass is 16.6. The van der Waals surface area contributed by atoms with Crippen LogP contribution in [-0.4, -0.2) is 31.6 Å². The summed E-state index contributed by atoms with van der Waals surface area (Å²) in [6.45, 7) is 3.82. The first-order valence-electron chi connectivity index (χ1n) is 9.68. The van der Waals surface area contributed by atoms with E-state index in [1.54, 1.807) is 4.90 Å². The van der Waals surface area contributed by atoms with E-state index in [9.17, 15) is 9.59 Å². The van der Waals surface area contributed by atoms with Crippen molar-refractivity contribution in [2.24, 2.45) is 0 Å². The molecular weight excluding hydrogens is 356 g/mol. The SMILES string of the molecule is C[C@@H](NC(=O)Cc1ccc(N2CCCC2=O)cc1)c1ccc2c(c1)OCCO2. The minimum absolute atomic E-state index is 0.0487. The molecule has 0 aliphatic carbocycles. The van der Waals surface area contributed by atoms with Gasteiger partial charge < -0.3 is 19.7 Å². The van der Waals surface area contributed by atoms with Crippen LogP contribution in [0.1, 0.15) is 36.9 Å². The number of hydrogen-bond donors (Lipinski definition) is 1. The largest absolute Gasteiger partial charge is 0.486 e. The standard InChI is InChI=1S/C22H24N2O4/c1-15(17-6-9-19-20(14-17)28-12-11-27-19)23-21(25)13-16-4-7-18(8-5-16)24-10-2-3-22(24)26/h4-9,14-15H,2-3,10-13H2,1H3,(H,23,25)/t15-/m1/s1. The molecule has 2 aliphatic heterocycles. The van der Waals surface area contributed by atoms with E-state index in [4.69, 9.17) is 9.47 Å². The van der Waals surface area contributed by atoms with E-state index in [2.05, 4.69) is 5.32 Å². The minimum Gasteiger partial charge on any atom is -0.486 e. The van der Waals surface area contributed by atoms with Crippen LogP contribution in [0.4, 0.5) is 5.69 Å². The average Bonchev–Trinajstić information content (AvgIpc) is 3.14. The van der Waals surface area contributed by atoms with Gasteiger partial charge in [0.25, 0.3) is 0 Å². The van der Waals surface area contributed by atoms with Gasteiger partial charge >= 0.3 is 0 Å². The number of fused-ring (bicyclic) bond motifs is 1. The van der Waals surface area contributed by atoms with Crippen LogP contribution in [0.5, 0.6) is 11.5 Å². The minimum atomic E-state index is -0.134. The predicted molar refractivity (Wildman–Crippen MR) is 106 cm³/mol. The third-order valence-corrected chi connectivity index (χ3v) is 5.13. The van der Waals surface area contributed by atoms with Crippen molar-refractivity contribution in [3.8, 4) is 11.5 Å². The number of carbonyl (C=O) groups is 2. The summed E-state index contributed by atoms with van der Waals surface area (Å²) in [6, 6.07) is 13.3. The lowest BCUT2D eigenvalue weighted by Gasteiger charge is -2.21. The molecule has 2 aromatic carbocycles. The number of carbonyl (C=O) groups excluding carboxylic acids is 2. The summed E-state index contributed by atoms with van der Waals surface area (Å²) in [6.07, 6.45) is 1.81. The van der Waals surface area contributed by atoms with Crippen molar-refractivity contribution in [3.05, 3.63) is 53.6 Å². The van der Waals surface area contributed by atoms with Crippen LogP contribution in [0.25, 0.3) is 0 Å². The molecule has 2 amide bonds. The molecule has 1 fully saturated rings. The lowest BCUT2D eigenvalue weighted by atomic mass is 10.1. The number of hydrogen-bond acceptors (Lipinski definition) is 4. The molecule has 6 nitrogen and oxygen atoms in total. The Bertz CT molecular complexity index is 879. The van der Waals surface area contributed by atoms with E-state index in [0.29, 0.717) is 26.1 Å². The van der Waals surface area contributed by atoms with E-state index in [-0.39, 0.29) is 17.9 Å². The Hall–Kier alpha value is -3.02. The maximum Gasteiger partial charge on any atom is 0.227 e. The smallest absolute Gasteiger partial charge is 0.227 e. The first-order valence-corrected chi connectivity index (χ1v) is 9.68.